The number of rotatable bonds is 6. The fourth-order valence-electron chi connectivity index (χ4n) is 2.53. The Bertz CT molecular complexity index is 265. The van der Waals surface area contributed by atoms with Crippen molar-refractivity contribution in [2.24, 2.45) is 0 Å². The Balaban J connectivity index is 1.71. The summed E-state index contributed by atoms with van der Waals surface area (Å²) in [4.78, 5) is 13.9. The molecule has 98 valence electrons. The van der Waals surface area contributed by atoms with Gasteiger partial charge in [0.2, 0.25) is 5.91 Å². The van der Waals surface area contributed by atoms with Gasteiger partial charge in [-0.05, 0) is 39.0 Å². The van der Waals surface area contributed by atoms with Crippen LogP contribution in [-0.4, -0.2) is 47.3 Å². The number of ether oxygens (including phenoxy) is 1. The highest BCUT2D eigenvalue weighted by molar-refractivity contribution is 5.76. The number of carbonyl (C=O) groups excluding carboxylic acids is 1. The molecule has 0 radical (unpaired) electrons. The van der Waals surface area contributed by atoms with Crippen molar-refractivity contribution in [2.75, 3.05) is 13.2 Å². The summed E-state index contributed by atoms with van der Waals surface area (Å²) in [5, 5.41) is 8.96. The first-order chi connectivity index (χ1) is 8.20. The van der Waals surface area contributed by atoms with Crippen LogP contribution in [0, 0.1) is 0 Å². The first-order valence-corrected chi connectivity index (χ1v) is 6.76. The minimum atomic E-state index is 0.0687. The molecule has 4 nitrogen and oxygen atoms in total. The predicted molar refractivity (Wildman–Crippen MR) is 64.6 cm³/mol. The Hall–Kier alpha value is -0.610. The molecule has 0 aromatic rings. The van der Waals surface area contributed by atoms with Crippen LogP contribution in [0.4, 0.5) is 0 Å². The molecule has 1 aliphatic heterocycles. The number of aliphatic hydroxyl groups excluding tert-OH is 1. The summed E-state index contributed by atoms with van der Waals surface area (Å²) in [6.07, 6.45) is 6.41. The van der Waals surface area contributed by atoms with Gasteiger partial charge in [0.05, 0.1) is 18.8 Å². The minimum absolute atomic E-state index is 0.0687. The first-order valence-electron chi connectivity index (χ1n) is 6.76. The van der Waals surface area contributed by atoms with E-state index in [-0.39, 0.29) is 18.6 Å². The SMILES string of the molecule is CC1CCC(CCC(=O)N(CCO)C2CC2)O1. The summed E-state index contributed by atoms with van der Waals surface area (Å²) in [6, 6.07) is 0.401. The molecule has 4 heteroatoms. The molecule has 2 unspecified atom stereocenters. The lowest BCUT2D eigenvalue weighted by molar-refractivity contribution is -0.133. The van der Waals surface area contributed by atoms with E-state index < -0.39 is 0 Å². The third-order valence-corrected chi connectivity index (χ3v) is 3.65. The first kappa shape index (κ1) is 12.8. The zero-order valence-corrected chi connectivity index (χ0v) is 10.6. The number of amides is 1. The highest BCUT2D eigenvalue weighted by Crippen LogP contribution is 2.28. The van der Waals surface area contributed by atoms with Crippen LogP contribution in [0.1, 0.15) is 45.4 Å². The van der Waals surface area contributed by atoms with E-state index in [1.54, 1.807) is 0 Å². The van der Waals surface area contributed by atoms with E-state index in [2.05, 4.69) is 6.92 Å². The van der Waals surface area contributed by atoms with Crippen molar-refractivity contribution in [3.63, 3.8) is 0 Å². The monoisotopic (exact) mass is 241 g/mol. The van der Waals surface area contributed by atoms with E-state index in [0.717, 1.165) is 32.1 Å². The zero-order valence-electron chi connectivity index (χ0n) is 10.6. The second-order valence-electron chi connectivity index (χ2n) is 5.23. The van der Waals surface area contributed by atoms with Crippen LogP contribution in [0.15, 0.2) is 0 Å². The molecular weight excluding hydrogens is 218 g/mol. The molecule has 0 bridgehead atoms. The van der Waals surface area contributed by atoms with E-state index >= 15 is 0 Å². The number of nitrogens with zero attached hydrogens (tertiary/aromatic N) is 1. The lowest BCUT2D eigenvalue weighted by atomic mass is 10.1. The molecule has 0 aromatic carbocycles. The van der Waals surface area contributed by atoms with Crippen molar-refractivity contribution < 1.29 is 14.6 Å². The van der Waals surface area contributed by atoms with Crippen molar-refractivity contribution in [1.82, 2.24) is 4.90 Å². The van der Waals surface area contributed by atoms with Gasteiger partial charge < -0.3 is 14.7 Å². The van der Waals surface area contributed by atoms with Crippen LogP contribution < -0.4 is 0 Å². The summed E-state index contributed by atoms with van der Waals surface area (Å²) >= 11 is 0. The van der Waals surface area contributed by atoms with Gasteiger partial charge in [-0.3, -0.25) is 4.79 Å². The number of hydrogen-bond donors (Lipinski definition) is 1. The molecule has 2 aliphatic rings. The molecule has 1 saturated heterocycles. The molecule has 2 rings (SSSR count). The van der Waals surface area contributed by atoms with Crippen LogP contribution in [0.2, 0.25) is 0 Å². The fraction of sp³-hybridized carbons (Fsp3) is 0.923. The summed E-state index contributed by atoms with van der Waals surface area (Å²) < 4.78 is 5.71. The molecule has 1 amide bonds. The van der Waals surface area contributed by atoms with Gasteiger partial charge in [0.25, 0.3) is 0 Å². The van der Waals surface area contributed by atoms with Crippen molar-refractivity contribution in [3.8, 4) is 0 Å². The lowest BCUT2D eigenvalue weighted by Gasteiger charge is -2.22. The molecule has 1 N–H and O–H groups in total. The zero-order chi connectivity index (χ0) is 12.3. The van der Waals surface area contributed by atoms with Gasteiger partial charge in [-0.15, -0.1) is 0 Å². The molecule has 17 heavy (non-hydrogen) atoms. The topological polar surface area (TPSA) is 49.8 Å². The number of hydrogen-bond acceptors (Lipinski definition) is 3. The van der Waals surface area contributed by atoms with Crippen LogP contribution in [0.5, 0.6) is 0 Å². The Morgan fingerprint density at radius 1 is 1.35 bits per heavy atom. The van der Waals surface area contributed by atoms with Crippen molar-refractivity contribution in [3.05, 3.63) is 0 Å². The van der Waals surface area contributed by atoms with Gasteiger partial charge in [0.15, 0.2) is 0 Å². The van der Waals surface area contributed by atoms with Crippen LogP contribution in [-0.2, 0) is 9.53 Å². The molecular formula is C13H23NO3. The van der Waals surface area contributed by atoms with Gasteiger partial charge in [0, 0.05) is 19.0 Å². The van der Waals surface area contributed by atoms with E-state index in [9.17, 15) is 4.79 Å². The number of aliphatic hydroxyl groups is 1. The molecule has 1 aliphatic carbocycles. The summed E-state index contributed by atoms with van der Waals surface area (Å²) in [5.41, 5.74) is 0. The normalized spacial score (nSPS) is 28.4. The van der Waals surface area contributed by atoms with Gasteiger partial charge in [-0.2, -0.15) is 0 Å². The van der Waals surface area contributed by atoms with Gasteiger partial charge in [0.1, 0.15) is 0 Å². The van der Waals surface area contributed by atoms with Crippen LogP contribution in [0.25, 0.3) is 0 Å². The fourth-order valence-corrected chi connectivity index (χ4v) is 2.53. The molecule has 1 heterocycles. The summed E-state index contributed by atoms with van der Waals surface area (Å²) in [5.74, 6) is 0.185. The minimum Gasteiger partial charge on any atom is -0.395 e. The molecule has 2 atom stereocenters. The average Bonchev–Trinajstić information content (AvgIpc) is 3.06. The second kappa shape index (κ2) is 5.83. The third-order valence-electron chi connectivity index (χ3n) is 3.65. The Morgan fingerprint density at radius 2 is 2.12 bits per heavy atom. The van der Waals surface area contributed by atoms with Crippen LogP contribution >= 0.6 is 0 Å². The van der Waals surface area contributed by atoms with Gasteiger partial charge in [-0.1, -0.05) is 0 Å². The summed E-state index contributed by atoms with van der Waals surface area (Å²) in [6.45, 7) is 2.65. The Morgan fingerprint density at radius 3 is 2.65 bits per heavy atom. The van der Waals surface area contributed by atoms with Gasteiger partial charge >= 0.3 is 0 Å². The maximum atomic E-state index is 12.0. The molecule has 2 fully saturated rings. The number of carbonyl (C=O) groups is 1. The van der Waals surface area contributed by atoms with Crippen molar-refractivity contribution in [2.45, 2.75) is 63.7 Å². The Kier molecular flexibility index (Phi) is 4.40. The van der Waals surface area contributed by atoms with Crippen molar-refractivity contribution in [1.29, 1.82) is 0 Å². The average molecular weight is 241 g/mol. The summed E-state index contributed by atoms with van der Waals surface area (Å²) in [7, 11) is 0. The quantitative estimate of drug-likeness (QED) is 0.763. The smallest absolute Gasteiger partial charge is 0.222 e. The maximum Gasteiger partial charge on any atom is 0.222 e. The highest BCUT2D eigenvalue weighted by Gasteiger charge is 2.32. The lowest BCUT2D eigenvalue weighted by Crippen LogP contribution is -2.35. The van der Waals surface area contributed by atoms with Gasteiger partial charge in [-0.25, -0.2) is 0 Å². The van der Waals surface area contributed by atoms with E-state index in [0.29, 0.717) is 25.1 Å². The highest BCUT2D eigenvalue weighted by atomic mass is 16.5. The standard InChI is InChI=1S/C13H23NO3/c1-10-2-5-12(17-10)6-7-13(16)14(8-9-15)11-3-4-11/h10-12,15H,2-9H2,1H3. The largest absolute Gasteiger partial charge is 0.395 e. The van der Waals surface area contributed by atoms with Crippen molar-refractivity contribution >= 4 is 5.91 Å². The molecule has 0 aromatic heterocycles. The van der Waals surface area contributed by atoms with E-state index in [1.807, 2.05) is 4.90 Å². The van der Waals surface area contributed by atoms with Crippen LogP contribution in [0.3, 0.4) is 0 Å². The maximum absolute atomic E-state index is 12.0. The Labute approximate surface area is 103 Å². The predicted octanol–water partition coefficient (Wildman–Crippen LogP) is 1.32. The molecule has 1 saturated carbocycles. The van der Waals surface area contributed by atoms with E-state index in [1.165, 1.54) is 0 Å². The third kappa shape index (κ3) is 3.68. The van der Waals surface area contributed by atoms with E-state index in [4.69, 9.17) is 9.84 Å². The second-order valence-corrected chi connectivity index (χ2v) is 5.23. The molecule has 0 spiro atoms.